The summed E-state index contributed by atoms with van der Waals surface area (Å²) in [7, 11) is 3.11. The lowest BCUT2D eigenvalue weighted by atomic mass is 10.1. The van der Waals surface area contributed by atoms with E-state index in [1.807, 2.05) is 29.1 Å². The van der Waals surface area contributed by atoms with Crippen LogP contribution in [-0.4, -0.2) is 43.6 Å². The van der Waals surface area contributed by atoms with Gasteiger partial charge in [-0.1, -0.05) is 13.8 Å². The maximum Gasteiger partial charge on any atom is 0.256 e. The zero-order valence-electron chi connectivity index (χ0n) is 16.8. The summed E-state index contributed by atoms with van der Waals surface area (Å²) in [6, 6.07) is 5.52. The van der Waals surface area contributed by atoms with Crippen LogP contribution in [0.5, 0.6) is 17.5 Å². The minimum absolute atomic E-state index is 0.133. The lowest BCUT2D eigenvalue weighted by Crippen LogP contribution is -2.04. The Morgan fingerprint density at radius 1 is 1.10 bits per heavy atom. The molecular weight excluding hydrogens is 370 g/mol. The van der Waals surface area contributed by atoms with Crippen molar-refractivity contribution in [1.29, 1.82) is 0 Å². The monoisotopic (exact) mass is 393 g/mol. The molecule has 150 valence electrons. The Hall–Kier alpha value is -3.55. The number of hydrogen-bond acceptors (Lipinski definition) is 6. The molecule has 0 fully saturated rings. The molecule has 0 aliphatic rings. The summed E-state index contributed by atoms with van der Waals surface area (Å²) in [4.78, 5) is 8.96. The number of methoxy groups -OCH3 is 2. The Bertz CT molecular complexity index is 1160. The van der Waals surface area contributed by atoms with Gasteiger partial charge in [0.2, 0.25) is 5.88 Å². The molecule has 4 heterocycles. The fraction of sp³-hybridized carbons (Fsp3) is 0.286. The Labute approximate surface area is 168 Å². The van der Waals surface area contributed by atoms with Gasteiger partial charge in [0.25, 0.3) is 5.88 Å². The van der Waals surface area contributed by atoms with Crippen molar-refractivity contribution in [2.75, 3.05) is 14.2 Å². The molecular formula is C21H23N5O3. The van der Waals surface area contributed by atoms with Crippen molar-refractivity contribution in [1.82, 2.24) is 24.3 Å². The summed E-state index contributed by atoms with van der Waals surface area (Å²) in [5.74, 6) is 1.57. The van der Waals surface area contributed by atoms with Crippen LogP contribution < -0.4 is 9.47 Å². The molecule has 0 spiro atoms. The van der Waals surface area contributed by atoms with Crippen LogP contribution >= 0.6 is 0 Å². The molecule has 8 heteroatoms. The molecule has 0 bridgehead atoms. The predicted molar refractivity (Wildman–Crippen MR) is 110 cm³/mol. The third-order valence-electron chi connectivity index (χ3n) is 4.62. The maximum absolute atomic E-state index is 10.7. The average molecular weight is 393 g/mol. The molecule has 0 saturated carbocycles. The molecule has 1 N–H and O–H groups in total. The van der Waals surface area contributed by atoms with Gasteiger partial charge in [0.1, 0.15) is 0 Å². The van der Waals surface area contributed by atoms with Crippen LogP contribution in [0.15, 0.2) is 43.0 Å². The van der Waals surface area contributed by atoms with E-state index in [-0.39, 0.29) is 5.88 Å². The first kappa shape index (κ1) is 18.8. The van der Waals surface area contributed by atoms with E-state index in [0.717, 1.165) is 23.5 Å². The third-order valence-corrected chi connectivity index (χ3v) is 4.62. The van der Waals surface area contributed by atoms with Gasteiger partial charge >= 0.3 is 0 Å². The fourth-order valence-corrected chi connectivity index (χ4v) is 3.26. The van der Waals surface area contributed by atoms with Crippen LogP contribution in [0.25, 0.3) is 27.8 Å². The van der Waals surface area contributed by atoms with Gasteiger partial charge in [0, 0.05) is 30.7 Å². The largest absolute Gasteiger partial charge is 0.494 e. The highest BCUT2D eigenvalue weighted by atomic mass is 16.5. The van der Waals surface area contributed by atoms with Gasteiger partial charge in [-0.25, -0.2) is 9.97 Å². The minimum Gasteiger partial charge on any atom is -0.494 e. The molecule has 0 saturated heterocycles. The number of hydrogen-bond donors (Lipinski definition) is 1. The summed E-state index contributed by atoms with van der Waals surface area (Å²) in [6.45, 7) is 5.09. The van der Waals surface area contributed by atoms with Crippen LogP contribution in [0, 0.1) is 5.92 Å². The topological polar surface area (TPSA) is 87.2 Å². The molecule has 4 aromatic rings. The first-order valence-corrected chi connectivity index (χ1v) is 9.32. The second-order valence-electron chi connectivity index (χ2n) is 7.20. The second-order valence-corrected chi connectivity index (χ2v) is 7.20. The van der Waals surface area contributed by atoms with E-state index in [4.69, 9.17) is 14.5 Å². The summed E-state index contributed by atoms with van der Waals surface area (Å²) >= 11 is 0. The Kier molecular flexibility index (Phi) is 4.84. The van der Waals surface area contributed by atoms with Gasteiger partial charge in [-0.05, 0) is 24.1 Å². The van der Waals surface area contributed by atoms with Gasteiger partial charge in [0.15, 0.2) is 5.75 Å². The smallest absolute Gasteiger partial charge is 0.256 e. The molecule has 8 nitrogen and oxygen atoms in total. The standard InChI is InChI=1S/C21H23N5O3/c1-13(2)10-25-11-15(9-23-25)26-12-18-16(21(26)27)5-6-17(24-18)14-7-19(28-3)20(29-4)22-8-14/h5-9,11-13,27H,10H2,1-4H3. The van der Waals surface area contributed by atoms with Crippen molar-refractivity contribution in [3.63, 3.8) is 0 Å². The lowest BCUT2D eigenvalue weighted by Gasteiger charge is -2.08. The summed E-state index contributed by atoms with van der Waals surface area (Å²) in [5, 5.41) is 15.7. The van der Waals surface area contributed by atoms with Crippen molar-refractivity contribution in [3.05, 3.63) is 43.0 Å². The number of rotatable bonds is 6. The van der Waals surface area contributed by atoms with E-state index < -0.39 is 0 Å². The number of nitrogens with zero attached hydrogens (tertiary/aromatic N) is 5. The van der Waals surface area contributed by atoms with Crippen LogP contribution in [0.1, 0.15) is 13.8 Å². The van der Waals surface area contributed by atoms with Crippen LogP contribution in [0.3, 0.4) is 0 Å². The van der Waals surface area contributed by atoms with E-state index in [2.05, 4.69) is 23.9 Å². The number of pyridine rings is 2. The SMILES string of the molecule is COc1cc(-c2ccc3c(O)n(-c4cnn(CC(C)C)c4)cc3n2)cnc1OC. The predicted octanol–water partition coefficient (Wildman–Crippen LogP) is 3.66. The van der Waals surface area contributed by atoms with Gasteiger partial charge in [0.05, 0.1) is 42.7 Å². The summed E-state index contributed by atoms with van der Waals surface area (Å²) in [5.41, 5.74) is 2.97. The van der Waals surface area contributed by atoms with E-state index >= 15 is 0 Å². The Balaban J connectivity index is 1.73. The highest BCUT2D eigenvalue weighted by molar-refractivity contribution is 5.87. The average Bonchev–Trinajstić information content (AvgIpc) is 3.30. The highest BCUT2D eigenvalue weighted by Crippen LogP contribution is 2.33. The first-order chi connectivity index (χ1) is 14.0. The van der Waals surface area contributed by atoms with Crippen molar-refractivity contribution >= 4 is 10.9 Å². The third kappa shape index (κ3) is 3.49. The van der Waals surface area contributed by atoms with Crippen molar-refractivity contribution in [3.8, 4) is 34.5 Å². The van der Waals surface area contributed by atoms with Crippen LogP contribution in [-0.2, 0) is 6.54 Å². The number of ether oxygens (including phenoxy) is 2. The van der Waals surface area contributed by atoms with Gasteiger partial charge in [-0.15, -0.1) is 0 Å². The zero-order chi connectivity index (χ0) is 20.5. The lowest BCUT2D eigenvalue weighted by molar-refractivity contribution is 0.343. The molecule has 0 radical (unpaired) electrons. The van der Waals surface area contributed by atoms with Crippen molar-refractivity contribution in [2.24, 2.45) is 5.92 Å². The molecule has 0 aliphatic carbocycles. The van der Waals surface area contributed by atoms with E-state index in [1.165, 1.54) is 0 Å². The van der Waals surface area contributed by atoms with Crippen LogP contribution in [0.2, 0.25) is 0 Å². The normalized spacial score (nSPS) is 11.3. The van der Waals surface area contributed by atoms with E-state index in [0.29, 0.717) is 28.5 Å². The summed E-state index contributed by atoms with van der Waals surface area (Å²) < 4.78 is 14.1. The van der Waals surface area contributed by atoms with Gasteiger partial charge < -0.3 is 14.6 Å². The maximum atomic E-state index is 10.7. The second kappa shape index (κ2) is 7.46. The summed E-state index contributed by atoms with van der Waals surface area (Å²) in [6.07, 6.45) is 7.14. The van der Waals surface area contributed by atoms with Gasteiger partial charge in [-0.3, -0.25) is 9.25 Å². The number of fused-ring (bicyclic) bond motifs is 1. The molecule has 0 unspecified atom stereocenters. The highest BCUT2D eigenvalue weighted by Gasteiger charge is 2.15. The van der Waals surface area contributed by atoms with Crippen molar-refractivity contribution < 1.29 is 14.6 Å². The molecule has 4 aromatic heterocycles. The van der Waals surface area contributed by atoms with E-state index in [9.17, 15) is 5.11 Å². The molecule has 4 rings (SSSR count). The Morgan fingerprint density at radius 2 is 1.93 bits per heavy atom. The van der Waals surface area contributed by atoms with Gasteiger partial charge in [-0.2, -0.15) is 5.10 Å². The van der Waals surface area contributed by atoms with Crippen molar-refractivity contribution in [2.45, 2.75) is 20.4 Å². The van der Waals surface area contributed by atoms with E-state index in [1.54, 1.807) is 37.4 Å². The molecule has 0 amide bonds. The molecule has 0 aromatic carbocycles. The quantitative estimate of drug-likeness (QED) is 0.538. The van der Waals surface area contributed by atoms with Crippen LogP contribution in [0.4, 0.5) is 0 Å². The molecule has 0 aliphatic heterocycles. The molecule has 29 heavy (non-hydrogen) atoms. The zero-order valence-corrected chi connectivity index (χ0v) is 16.8. The number of aromatic hydroxyl groups is 1. The fourth-order valence-electron chi connectivity index (χ4n) is 3.26. The molecule has 0 atom stereocenters. The number of aromatic nitrogens is 5. The Morgan fingerprint density at radius 3 is 2.66 bits per heavy atom. The first-order valence-electron chi connectivity index (χ1n) is 9.32. The minimum atomic E-state index is 0.133.